The third-order valence-corrected chi connectivity index (χ3v) is 9.00. The average Bonchev–Trinajstić information content (AvgIpc) is 3.63. The zero-order valence-electron chi connectivity index (χ0n) is 23.4. The van der Waals surface area contributed by atoms with E-state index in [0.717, 1.165) is 12.0 Å². The summed E-state index contributed by atoms with van der Waals surface area (Å²) in [4.78, 5) is 13.3. The number of carbonyl (C=O) groups excluding carboxylic acids is 1. The van der Waals surface area contributed by atoms with E-state index in [1.807, 2.05) is 6.92 Å². The van der Waals surface area contributed by atoms with Crippen LogP contribution in [0.5, 0.6) is 28.7 Å². The zero-order chi connectivity index (χ0) is 29.6. The number of rotatable bonds is 8. The highest BCUT2D eigenvalue weighted by molar-refractivity contribution is 7.86. The monoisotopic (exact) mass is 595 g/mol. The van der Waals surface area contributed by atoms with Gasteiger partial charge in [0.25, 0.3) is 0 Å². The Bertz CT molecular complexity index is 1660. The van der Waals surface area contributed by atoms with Crippen molar-refractivity contribution in [2.45, 2.75) is 24.2 Å². The molecular weight excluding hydrogens is 566 g/mol. The lowest BCUT2D eigenvalue weighted by Crippen LogP contribution is -2.37. The van der Waals surface area contributed by atoms with Gasteiger partial charge in [0.05, 0.1) is 38.9 Å². The summed E-state index contributed by atoms with van der Waals surface area (Å²) in [5, 5.41) is 4.17. The van der Waals surface area contributed by atoms with E-state index in [1.54, 1.807) is 36.4 Å². The Balaban J connectivity index is 1.51. The van der Waals surface area contributed by atoms with Crippen molar-refractivity contribution in [1.82, 2.24) is 0 Å². The molecule has 12 heteroatoms. The minimum Gasteiger partial charge on any atom is -0.493 e. The van der Waals surface area contributed by atoms with Gasteiger partial charge in [-0.05, 0) is 59.5 Å². The Hall–Kier alpha value is -4.45. The number of aryl methyl sites for hydroxylation is 1. The summed E-state index contributed by atoms with van der Waals surface area (Å²) in [5.41, 5.74) is 3.15. The molecule has 11 nitrogen and oxygen atoms in total. The van der Waals surface area contributed by atoms with Gasteiger partial charge in [-0.3, -0.25) is 9.08 Å². The van der Waals surface area contributed by atoms with Crippen molar-refractivity contribution in [2.75, 3.05) is 34.7 Å². The van der Waals surface area contributed by atoms with E-state index < -0.39 is 33.8 Å². The molecule has 0 aromatic heterocycles. The maximum Gasteiger partial charge on any atom is 0.358 e. The molecular formula is C30H29NO10S. The van der Waals surface area contributed by atoms with Crippen LogP contribution in [-0.4, -0.2) is 54.8 Å². The SMILES string of the molecule is CCc1ccc(S(=O)(=O)O/N=C2/c3cc4c(cc3[C@@H](c3cc(OC)c(OC)c(OC)c3)[C@@H]3C(=O)OC[C@H]23)OCO4)cc1. The van der Waals surface area contributed by atoms with E-state index >= 15 is 0 Å². The number of fused-ring (bicyclic) bond motifs is 3. The van der Waals surface area contributed by atoms with E-state index in [9.17, 15) is 13.2 Å². The number of benzene rings is 3. The molecule has 42 heavy (non-hydrogen) atoms. The summed E-state index contributed by atoms with van der Waals surface area (Å²) in [5.74, 6) is -0.189. The molecule has 3 atom stereocenters. The first-order chi connectivity index (χ1) is 20.3. The molecule has 1 aliphatic carbocycles. The van der Waals surface area contributed by atoms with Gasteiger partial charge in [-0.25, -0.2) is 0 Å². The van der Waals surface area contributed by atoms with Gasteiger partial charge < -0.3 is 28.4 Å². The third-order valence-electron chi connectivity index (χ3n) is 7.88. The Kier molecular flexibility index (Phi) is 7.09. The highest BCUT2D eigenvalue weighted by Gasteiger charge is 2.52. The van der Waals surface area contributed by atoms with Gasteiger partial charge in [-0.2, -0.15) is 8.42 Å². The first-order valence-corrected chi connectivity index (χ1v) is 14.7. The Morgan fingerprint density at radius 2 is 1.57 bits per heavy atom. The van der Waals surface area contributed by atoms with Crippen molar-refractivity contribution in [3.05, 3.63) is 70.8 Å². The van der Waals surface area contributed by atoms with Gasteiger partial charge in [0.1, 0.15) is 11.5 Å². The van der Waals surface area contributed by atoms with Crippen molar-refractivity contribution in [1.29, 1.82) is 0 Å². The number of carbonyl (C=O) groups is 1. The molecule has 0 unspecified atom stereocenters. The van der Waals surface area contributed by atoms with Crippen LogP contribution < -0.4 is 23.7 Å². The van der Waals surface area contributed by atoms with Gasteiger partial charge in [-0.1, -0.05) is 24.2 Å². The minimum absolute atomic E-state index is 0.00819. The van der Waals surface area contributed by atoms with Crippen molar-refractivity contribution < 1.29 is 45.9 Å². The number of methoxy groups -OCH3 is 3. The van der Waals surface area contributed by atoms with Crippen LogP contribution in [0.1, 0.15) is 35.1 Å². The fourth-order valence-corrected chi connectivity index (χ4v) is 6.53. The molecule has 0 N–H and O–H groups in total. The van der Waals surface area contributed by atoms with E-state index in [1.165, 1.54) is 33.5 Å². The Morgan fingerprint density at radius 1 is 0.905 bits per heavy atom. The quantitative estimate of drug-likeness (QED) is 0.278. The Morgan fingerprint density at radius 3 is 2.19 bits per heavy atom. The molecule has 3 aromatic carbocycles. The summed E-state index contributed by atoms with van der Waals surface area (Å²) >= 11 is 0. The van der Waals surface area contributed by atoms with Crippen molar-refractivity contribution >= 4 is 21.8 Å². The molecule has 0 spiro atoms. The summed E-state index contributed by atoms with van der Waals surface area (Å²) in [6.45, 7) is 1.99. The molecule has 3 aromatic rings. The predicted molar refractivity (Wildman–Crippen MR) is 149 cm³/mol. The van der Waals surface area contributed by atoms with E-state index in [4.69, 9.17) is 32.7 Å². The van der Waals surface area contributed by atoms with Crippen molar-refractivity contribution in [3.63, 3.8) is 0 Å². The topological polar surface area (TPSA) is 128 Å². The van der Waals surface area contributed by atoms with Crippen LogP contribution >= 0.6 is 0 Å². The number of esters is 1. The molecule has 0 radical (unpaired) electrons. The van der Waals surface area contributed by atoms with E-state index in [2.05, 4.69) is 5.16 Å². The second kappa shape index (κ2) is 10.8. The van der Waals surface area contributed by atoms with Crippen molar-refractivity contribution in [2.24, 2.45) is 17.0 Å². The van der Waals surface area contributed by atoms with Crippen LogP contribution in [0.3, 0.4) is 0 Å². The molecule has 3 aliphatic rings. The van der Waals surface area contributed by atoms with Gasteiger partial charge >= 0.3 is 16.1 Å². The fraction of sp³-hybridized carbons (Fsp3) is 0.333. The highest BCUT2D eigenvalue weighted by Crippen LogP contribution is 2.52. The summed E-state index contributed by atoms with van der Waals surface area (Å²) in [6, 6.07) is 13.5. The number of cyclic esters (lactones) is 1. The number of nitrogens with zero attached hydrogens (tertiary/aromatic N) is 1. The smallest absolute Gasteiger partial charge is 0.358 e. The second-order valence-electron chi connectivity index (χ2n) is 9.99. The van der Waals surface area contributed by atoms with Crippen LogP contribution in [0.4, 0.5) is 0 Å². The van der Waals surface area contributed by atoms with Crippen LogP contribution in [-0.2, 0) is 30.4 Å². The van der Waals surface area contributed by atoms with Crippen molar-refractivity contribution in [3.8, 4) is 28.7 Å². The Labute approximate surface area is 243 Å². The first kappa shape index (κ1) is 27.7. The number of hydrogen-bond acceptors (Lipinski definition) is 11. The second-order valence-corrected chi connectivity index (χ2v) is 11.5. The molecule has 1 saturated heterocycles. The van der Waals surface area contributed by atoms with Crippen LogP contribution in [0.15, 0.2) is 58.6 Å². The molecule has 1 fully saturated rings. The highest BCUT2D eigenvalue weighted by atomic mass is 32.2. The van der Waals surface area contributed by atoms with Gasteiger partial charge in [-0.15, -0.1) is 0 Å². The molecule has 0 amide bonds. The minimum atomic E-state index is -4.25. The lowest BCUT2D eigenvalue weighted by molar-refractivity contribution is -0.141. The first-order valence-electron chi connectivity index (χ1n) is 13.3. The molecule has 0 bridgehead atoms. The predicted octanol–water partition coefficient (Wildman–Crippen LogP) is 4.05. The van der Waals surface area contributed by atoms with Crippen LogP contribution in [0, 0.1) is 11.8 Å². The molecule has 220 valence electrons. The van der Waals surface area contributed by atoms with E-state index in [-0.39, 0.29) is 24.0 Å². The van der Waals surface area contributed by atoms with Gasteiger partial charge in [0.15, 0.2) is 23.0 Å². The summed E-state index contributed by atoms with van der Waals surface area (Å²) in [7, 11) is 0.287. The lowest BCUT2D eigenvalue weighted by atomic mass is 9.66. The standard InChI is InChI=1S/C30H29NO10S/c1-5-16-6-8-18(9-7-16)42(33,34)41-31-28-20-13-23-22(39-15-40-23)12-19(20)26(27-21(28)14-38-30(27)32)17-10-24(35-2)29(37-4)25(11-17)36-3/h6-13,21,26-27H,5,14-15H2,1-4H3/b31-28-/t21-,26+,27+/m0/s1. The maximum atomic E-state index is 13.3. The number of hydrogen-bond donors (Lipinski definition) is 0. The maximum absolute atomic E-state index is 13.3. The van der Waals surface area contributed by atoms with Crippen LogP contribution in [0.25, 0.3) is 0 Å². The van der Waals surface area contributed by atoms with Gasteiger partial charge in [0.2, 0.25) is 12.5 Å². The zero-order valence-corrected chi connectivity index (χ0v) is 24.2. The fourth-order valence-electron chi connectivity index (χ4n) is 5.79. The normalized spacial score (nSPS) is 21.4. The van der Waals surface area contributed by atoms with E-state index in [0.29, 0.717) is 45.4 Å². The number of ether oxygens (including phenoxy) is 6. The van der Waals surface area contributed by atoms with Crippen LogP contribution in [0.2, 0.25) is 0 Å². The lowest BCUT2D eigenvalue weighted by Gasteiger charge is -2.34. The number of oxime groups is 1. The molecule has 2 aliphatic heterocycles. The summed E-state index contributed by atoms with van der Waals surface area (Å²) in [6.07, 6.45) is 0.764. The molecule has 2 heterocycles. The third kappa shape index (κ3) is 4.55. The average molecular weight is 596 g/mol. The largest absolute Gasteiger partial charge is 0.493 e. The molecule has 0 saturated carbocycles. The summed E-state index contributed by atoms with van der Waals surface area (Å²) < 4.78 is 65.0. The molecule has 6 rings (SSSR count). The van der Waals surface area contributed by atoms with Gasteiger partial charge in [0, 0.05) is 11.5 Å².